The minimum absolute atomic E-state index is 0.0147. The van der Waals surface area contributed by atoms with Crippen molar-refractivity contribution < 1.29 is 140 Å². The van der Waals surface area contributed by atoms with Gasteiger partial charge in [0.15, 0.2) is 0 Å². The number of rotatable bonds is 100. The van der Waals surface area contributed by atoms with Gasteiger partial charge < -0.3 is 122 Å². The molecule has 0 aromatic rings. The first-order valence-corrected chi connectivity index (χ1v) is 54.4. The van der Waals surface area contributed by atoms with E-state index in [9.17, 15) is 92.0 Å². The molecule has 144 heavy (non-hydrogen) atoms. The molecule has 0 unspecified atom stereocenters. The maximum absolute atomic E-state index is 13.3. The maximum Gasteiger partial charge on any atom is 0.326 e. The van der Waals surface area contributed by atoms with E-state index < -0.39 is 90.2 Å². The Labute approximate surface area is 859 Å². The van der Waals surface area contributed by atoms with Crippen LogP contribution in [-0.2, 0) is 115 Å². The second-order valence-electron chi connectivity index (χ2n) is 37.9. The van der Waals surface area contributed by atoms with Gasteiger partial charge in [-0.3, -0.25) is 71.8 Å². The van der Waals surface area contributed by atoms with Gasteiger partial charge in [-0.2, -0.15) is 0 Å². The van der Waals surface area contributed by atoms with Crippen molar-refractivity contribution in [1.29, 1.82) is 0 Å². The molecule has 41 nitrogen and oxygen atoms in total. The summed E-state index contributed by atoms with van der Waals surface area (Å²) in [6.45, 7) is 2.35. The number of carboxylic acids is 5. The lowest BCUT2D eigenvalue weighted by Gasteiger charge is -2.28. The van der Waals surface area contributed by atoms with Crippen LogP contribution in [0.5, 0.6) is 0 Å². The van der Waals surface area contributed by atoms with Crippen LogP contribution in [0.4, 0.5) is 0 Å². The zero-order valence-electron chi connectivity index (χ0n) is 86.3. The van der Waals surface area contributed by atoms with Gasteiger partial charge >= 0.3 is 29.8 Å². The normalized spacial score (nSPS) is 15.3. The van der Waals surface area contributed by atoms with E-state index >= 15 is 0 Å². The van der Waals surface area contributed by atoms with Crippen LogP contribution in [0, 0.1) is 23.7 Å². The van der Waals surface area contributed by atoms with Crippen LogP contribution in [0.2, 0.25) is 0 Å². The lowest BCUT2D eigenvalue weighted by Crippen LogP contribution is -2.48. The first kappa shape index (κ1) is 132. The molecular weight excluding hydrogens is 1890 g/mol. The van der Waals surface area contributed by atoms with Crippen LogP contribution in [-0.4, -0.2) is 303 Å². The Morgan fingerprint density at radius 2 is 0.486 bits per heavy atom. The molecule has 2 aliphatic rings. The lowest BCUT2D eigenvalue weighted by molar-refractivity contribution is -0.143. The number of amides is 11. The van der Waals surface area contributed by atoms with Crippen LogP contribution in [0.25, 0.3) is 0 Å². The van der Waals surface area contributed by atoms with Crippen molar-refractivity contribution in [2.24, 2.45) is 23.7 Å². The van der Waals surface area contributed by atoms with Gasteiger partial charge in [0, 0.05) is 103 Å². The standard InChI is InChI=1S/C102H182N12O29S/c115-87(39-29-25-21-17-13-9-5-1-3-7-11-15-19-23-27-31-41-95(123)124)109-73-79-43-47-81(48-44-79)97(127)112-84(100(130)131)51-53-89(117)104-57-61-136-65-70-141-76-92(120)106-59-63-138-67-69-140-75-91(119)103-55-35-33-37-83(99(129)108-56-36-34-38-86(114-144)102(134)135)111-94(122)78-143-72-68-139-64-60-107-93(121)77-142-71-66-137-62-58-105-90(118)54-52-85(101(132)133)113-98(128)82-49-45-80(46-50-82)74-110-88(116)40-30-26-22-18-14-10-6-2-4-8-12-16-20-24-28-32-42-96(125)126/h79-86,114,144H,1-78H2,(H,103,119)(H,104,117)(H,105,118)(H,106,120)(H,107,121)(H,108,129)(H,109,115)(H,110,116)(H,111,122)(H,112,127)(H,113,128)(H,123,124)(H,125,126)(H,130,131)(H,132,133)(H,134,135)/t79?,80-,81?,82-,83-,84-,85-,86-/m0/s1. The molecule has 0 aromatic heterocycles. The molecule has 2 fully saturated rings. The van der Waals surface area contributed by atoms with Crippen molar-refractivity contribution in [2.45, 2.75) is 371 Å². The van der Waals surface area contributed by atoms with Gasteiger partial charge in [-0.1, -0.05) is 193 Å². The SMILES string of the molecule is O=C(O)CCCCCCCCCCCCCCCCCCC(=O)NCC1CCC(C(=O)N[C@@H](CCC(=O)NCCOCCOCC(=O)NCCOCCOCC(=O)NCCCC[C@H](NC(=O)COCCOCCNC(=O)COCCOCCNC(=O)CC[C@H](NC(=O)[C@H]2CC[C@H](CNC(=O)CCCCCCCCCCCCCCCCCCC(=O)O)CC2)C(=O)O)C(=O)NCCCC[C@H](NS)C(=O)O)C(=O)O)CC1. The number of unbranched alkanes of at least 4 members (excludes halogenated alkanes) is 32. The second kappa shape index (κ2) is 91.9. The third kappa shape index (κ3) is 79.7. The Morgan fingerprint density at radius 3 is 0.785 bits per heavy atom. The molecule has 0 aromatic carbocycles. The molecule has 830 valence electrons. The van der Waals surface area contributed by atoms with Crippen molar-refractivity contribution in [3.8, 4) is 0 Å². The van der Waals surface area contributed by atoms with E-state index in [4.69, 9.17) is 48.1 Å². The summed E-state index contributed by atoms with van der Waals surface area (Å²) in [5.74, 6) is -8.80. The second-order valence-corrected chi connectivity index (χ2v) is 38.1. The first-order chi connectivity index (χ1) is 69.8. The predicted octanol–water partition coefficient (Wildman–Crippen LogP) is 9.29. The lowest BCUT2D eigenvalue weighted by atomic mass is 9.81. The highest BCUT2D eigenvalue weighted by Gasteiger charge is 2.33. The van der Waals surface area contributed by atoms with E-state index in [1.165, 1.54) is 128 Å². The van der Waals surface area contributed by atoms with E-state index in [2.05, 4.69) is 76.0 Å². The van der Waals surface area contributed by atoms with Gasteiger partial charge in [-0.15, -0.1) is 0 Å². The summed E-state index contributed by atoms with van der Waals surface area (Å²) < 4.78 is 45.9. The Morgan fingerprint density at radius 1 is 0.229 bits per heavy atom. The summed E-state index contributed by atoms with van der Waals surface area (Å²) in [7, 11) is 0. The van der Waals surface area contributed by atoms with E-state index in [0.29, 0.717) is 77.3 Å². The summed E-state index contributed by atoms with van der Waals surface area (Å²) in [6.07, 6.45) is 45.5. The molecule has 17 N–H and O–H groups in total. The molecule has 0 heterocycles. The molecule has 4 atom stereocenters. The number of aliphatic carboxylic acids is 5. The minimum Gasteiger partial charge on any atom is -0.481 e. The molecular formula is C102H182N12O29S. The van der Waals surface area contributed by atoms with Crippen LogP contribution in [0.3, 0.4) is 0 Å². The van der Waals surface area contributed by atoms with Gasteiger partial charge in [0.2, 0.25) is 65.0 Å². The fourth-order valence-corrected chi connectivity index (χ4v) is 17.1. The van der Waals surface area contributed by atoms with Crippen LogP contribution >= 0.6 is 12.8 Å². The van der Waals surface area contributed by atoms with Crippen molar-refractivity contribution in [3.63, 3.8) is 0 Å². The fourth-order valence-electron chi connectivity index (χ4n) is 16.8. The number of carboxylic acid groups (broad SMARTS) is 5. The summed E-state index contributed by atoms with van der Waals surface area (Å²) in [4.78, 5) is 196. The largest absolute Gasteiger partial charge is 0.481 e. The quantitative estimate of drug-likeness (QED) is 0.0199. The maximum atomic E-state index is 13.3. The average Bonchev–Trinajstić information content (AvgIpc) is 0.871. The smallest absolute Gasteiger partial charge is 0.326 e. The van der Waals surface area contributed by atoms with E-state index in [1.807, 2.05) is 0 Å². The molecule has 2 saturated carbocycles. The predicted molar refractivity (Wildman–Crippen MR) is 544 cm³/mol. The third-order valence-corrected chi connectivity index (χ3v) is 25.8. The molecule has 0 radical (unpaired) electrons. The number of thiol groups is 1. The topological polar surface area (TPSA) is 592 Å². The number of nitrogens with one attached hydrogen (secondary N) is 12. The van der Waals surface area contributed by atoms with Gasteiger partial charge in [-0.25, -0.2) is 9.59 Å². The molecule has 0 aliphatic heterocycles. The number of carbonyl (C=O) groups excluding carboxylic acids is 11. The summed E-state index contributed by atoms with van der Waals surface area (Å²) in [5.41, 5.74) is 0. The Balaban J connectivity index is 1.46. The molecule has 0 saturated heterocycles. The highest BCUT2D eigenvalue weighted by atomic mass is 32.1. The van der Waals surface area contributed by atoms with Gasteiger partial charge in [0.25, 0.3) is 0 Å². The number of hydrogen-bond acceptors (Lipinski definition) is 26. The Bertz CT molecular complexity index is 3470. The van der Waals surface area contributed by atoms with Crippen LogP contribution < -0.4 is 63.2 Å². The van der Waals surface area contributed by atoms with Crippen molar-refractivity contribution in [3.05, 3.63) is 0 Å². The van der Waals surface area contributed by atoms with Gasteiger partial charge in [0.1, 0.15) is 50.6 Å². The summed E-state index contributed by atoms with van der Waals surface area (Å²) in [6, 6.07) is -4.29. The van der Waals surface area contributed by atoms with Crippen LogP contribution in [0.1, 0.15) is 347 Å². The van der Waals surface area contributed by atoms with Gasteiger partial charge in [0.05, 0.1) is 79.3 Å². The minimum atomic E-state index is -1.24. The van der Waals surface area contributed by atoms with E-state index in [0.717, 1.165) is 103 Å². The Kier molecular flexibility index (Phi) is 84.0. The van der Waals surface area contributed by atoms with E-state index in [1.54, 1.807) is 0 Å². The molecule has 2 aliphatic carbocycles. The highest BCUT2D eigenvalue weighted by Crippen LogP contribution is 2.31. The highest BCUT2D eigenvalue weighted by molar-refractivity contribution is 7.78. The zero-order valence-corrected chi connectivity index (χ0v) is 87.1. The molecule has 2 rings (SSSR count). The van der Waals surface area contributed by atoms with Gasteiger partial charge in [-0.05, 0) is 140 Å². The van der Waals surface area contributed by atoms with Crippen molar-refractivity contribution in [1.82, 2.24) is 63.2 Å². The van der Waals surface area contributed by atoms with Crippen molar-refractivity contribution >= 4 is 108 Å². The monoisotopic (exact) mass is 2070 g/mol. The van der Waals surface area contributed by atoms with E-state index in [-0.39, 0.29) is 249 Å². The molecule has 11 amide bonds. The summed E-state index contributed by atoms with van der Waals surface area (Å²) >= 11 is 3.86. The number of ether oxygens (including phenoxy) is 8. The molecule has 0 bridgehead atoms. The first-order valence-electron chi connectivity index (χ1n) is 53.9. The third-order valence-electron chi connectivity index (χ3n) is 25.5. The number of carbonyl (C=O) groups is 16. The number of hydrogen-bond donors (Lipinski definition) is 18. The molecule has 42 heteroatoms. The Hall–Kier alpha value is -8.49. The van der Waals surface area contributed by atoms with Crippen LogP contribution in [0.15, 0.2) is 0 Å². The fraction of sp³-hybridized carbons (Fsp3) is 0.843. The van der Waals surface area contributed by atoms with Crippen molar-refractivity contribution in [2.75, 3.05) is 158 Å². The summed E-state index contributed by atoms with van der Waals surface area (Å²) in [5, 5.41) is 76.6. The average molecular weight is 2070 g/mol. The zero-order chi connectivity index (χ0) is 105. The molecule has 0 spiro atoms.